The van der Waals surface area contributed by atoms with Crippen LogP contribution in [0, 0.1) is 5.92 Å². The average molecular weight is 290 g/mol. The van der Waals surface area contributed by atoms with Crippen LogP contribution >= 0.6 is 0 Å². The number of urea groups is 1. The Balaban J connectivity index is 1.34. The molecule has 2 aliphatic carbocycles. The molecule has 2 amide bonds. The first-order chi connectivity index (χ1) is 10.2. The second kappa shape index (κ2) is 6.07. The number of esters is 1. The predicted molar refractivity (Wildman–Crippen MR) is 74.7 cm³/mol. The Morgan fingerprint density at radius 1 is 1.19 bits per heavy atom. The van der Waals surface area contributed by atoms with Crippen molar-refractivity contribution in [1.82, 2.24) is 15.5 Å². The molecule has 7 heteroatoms. The molecule has 112 valence electrons. The molecule has 1 aromatic heterocycles. The maximum atomic E-state index is 11.6. The molecule has 1 aromatic rings. The number of nitrogens with zero attached hydrogens (tertiary/aromatic N) is 2. The van der Waals surface area contributed by atoms with Gasteiger partial charge in [0.25, 0.3) is 0 Å². The summed E-state index contributed by atoms with van der Waals surface area (Å²) in [5, 5.41) is 13.2. The summed E-state index contributed by atoms with van der Waals surface area (Å²) in [6.07, 6.45) is 4.17. The molecule has 0 aromatic carbocycles. The molecule has 0 saturated heterocycles. The highest BCUT2D eigenvalue weighted by Crippen LogP contribution is 2.38. The van der Waals surface area contributed by atoms with E-state index in [-0.39, 0.29) is 31.1 Å². The second-order valence-electron chi connectivity index (χ2n) is 5.44. The van der Waals surface area contributed by atoms with E-state index in [1.54, 1.807) is 6.07 Å². The number of aromatic nitrogens is 2. The lowest BCUT2D eigenvalue weighted by Crippen LogP contribution is -2.32. The molecular weight excluding hydrogens is 272 g/mol. The van der Waals surface area contributed by atoms with E-state index in [4.69, 9.17) is 4.74 Å². The third-order valence-electron chi connectivity index (χ3n) is 3.47. The van der Waals surface area contributed by atoms with Gasteiger partial charge in [0.05, 0.1) is 18.2 Å². The van der Waals surface area contributed by atoms with Crippen LogP contribution in [-0.2, 0) is 9.53 Å². The summed E-state index contributed by atoms with van der Waals surface area (Å²) in [6.45, 7) is 0.465. The Morgan fingerprint density at radius 3 is 2.62 bits per heavy atom. The largest absolute Gasteiger partial charge is 0.464 e. The van der Waals surface area contributed by atoms with E-state index in [0.717, 1.165) is 18.5 Å². The van der Waals surface area contributed by atoms with Crippen LogP contribution in [0.4, 0.5) is 10.6 Å². The van der Waals surface area contributed by atoms with Gasteiger partial charge in [-0.15, -0.1) is 5.10 Å². The van der Waals surface area contributed by atoms with E-state index in [0.29, 0.717) is 11.7 Å². The fraction of sp³-hybridized carbons (Fsp3) is 0.571. The summed E-state index contributed by atoms with van der Waals surface area (Å²) in [4.78, 5) is 22.9. The van der Waals surface area contributed by atoms with E-state index >= 15 is 0 Å². The number of nitrogens with one attached hydrogen (secondary N) is 2. The summed E-state index contributed by atoms with van der Waals surface area (Å²) < 4.78 is 5.01. The predicted octanol–water partition coefficient (Wildman–Crippen LogP) is 1.43. The summed E-state index contributed by atoms with van der Waals surface area (Å²) in [7, 11) is 0. The highest BCUT2D eigenvalue weighted by molar-refractivity contribution is 5.88. The maximum absolute atomic E-state index is 11.6. The molecule has 7 nitrogen and oxygen atoms in total. The van der Waals surface area contributed by atoms with Gasteiger partial charge in [-0.3, -0.25) is 10.1 Å². The molecule has 2 saturated carbocycles. The average Bonchev–Trinajstić information content (AvgIpc) is 3.36. The summed E-state index contributed by atoms with van der Waals surface area (Å²) in [5.41, 5.74) is 0.980. The molecule has 21 heavy (non-hydrogen) atoms. The standard InChI is InChI=1S/C14H18N4O3/c19-13(10-3-4-10)21-8-7-15-14(20)16-12-6-5-11(17-18-12)9-1-2-9/h5-6,9-10H,1-4,7-8H2,(H2,15,16,18,20). The van der Waals surface area contributed by atoms with Crippen LogP contribution in [0.5, 0.6) is 0 Å². The first-order valence-electron chi connectivity index (χ1n) is 7.27. The molecule has 0 spiro atoms. The molecule has 2 N–H and O–H groups in total. The van der Waals surface area contributed by atoms with Gasteiger partial charge in [0.15, 0.2) is 5.82 Å². The molecule has 0 aliphatic heterocycles. The van der Waals surface area contributed by atoms with Crippen LogP contribution in [0.3, 0.4) is 0 Å². The lowest BCUT2D eigenvalue weighted by molar-refractivity contribution is -0.144. The zero-order valence-electron chi connectivity index (χ0n) is 11.7. The van der Waals surface area contributed by atoms with E-state index in [9.17, 15) is 9.59 Å². The molecule has 1 heterocycles. The van der Waals surface area contributed by atoms with Gasteiger partial charge in [0.1, 0.15) is 6.61 Å². The van der Waals surface area contributed by atoms with Crippen LogP contribution in [0.2, 0.25) is 0 Å². The Labute approximate surface area is 122 Å². The Bertz CT molecular complexity index is 524. The maximum Gasteiger partial charge on any atom is 0.320 e. The van der Waals surface area contributed by atoms with Crippen molar-refractivity contribution in [3.63, 3.8) is 0 Å². The zero-order chi connectivity index (χ0) is 14.7. The van der Waals surface area contributed by atoms with Gasteiger partial charge in [-0.2, -0.15) is 5.10 Å². The minimum absolute atomic E-state index is 0.0825. The van der Waals surface area contributed by atoms with E-state index in [2.05, 4.69) is 20.8 Å². The highest BCUT2D eigenvalue weighted by Gasteiger charge is 2.31. The molecule has 0 bridgehead atoms. The van der Waals surface area contributed by atoms with Gasteiger partial charge in [0, 0.05) is 5.92 Å². The van der Waals surface area contributed by atoms with Crippen LogP contribution in [-0.4, -0.2) is 35.3 Å². The number of anilines is 1. The SMILES string of the molecule is O=C(NCCOC(=O)C1CC1)Nc1ccc(C2CC2)nn1. The van der Waals surface area contributed by atoms with Crippen LogP contribution in [0.15, 0.2) is 12.1 Å². The van der Waals surface area contributed by atoms with Crippen molar-refractivity contribution in [3.05, 3.63) is 17.8 Å². The summed E-state index contributed by atoms with van der Waals surface area (Å²) in [6, 6.07) is 3.25. The Hall–Kier alpha value is -2.18. The van der Waals surface area contributed by atoms with Crippen molar-refractivity contribution in [2.24, 2.45) is 5.92 Å². The number of amides is 2. The van der Waals surface area contributed by atoms with Crippen molar-refractivity contribution in [3.8, 4) is 0 Å². The molecular formula is C14H18N4O3. The van der Waals surface area contributed by atoms with Gasteiger partial charge in [-0.05, 0) is 37.8 Å². The number of hydrogen-bond acceptors (Lipinski definition) is 5. The number of ether oxygens (including phenoxy) is 1. The minimum atomic E-state index is -0.383. The van der Waals surface area contributed by atoms with E-state index < -0.39 is 0 Å². The summed E-state index contributed by atoms with van der Waals surface area (Å²) in [5.74, 6) is 0.867. The zero-order valence-corrected chi connectivity index (χ0v) is 11.7. The van der Waals surface area contributed by atoms with Crippen LogP contribution in [0.1, 0.15) is 37.3 Å². The second-order valence-corrected chi connectivity index (χ2v) is 5.44. The van der Waals surface area contributed by atoms with E-state index in [1.807, 2.05) is 6.07 Å². The molecule has 0 atom stereocenters. The molecule has 0 radical (unpaired) electrons. The highest BCUT2D eigenvalue weighted by atomic mass is 16.5. The first-order valence-corrected chi connectivity index (χ1v) is 7.27. The number of hydrogen-bond donors (Lipinski definition) is 2. The lowest BCUT2D eigenvalue weighted by atomic mass is 10.3. The minimum Gasteiger partial charge on any atom is -0.464 e. The molecule has 2 aliphatic rings. The molecule has 0 unspecified atom stereocenters. The van der Waals surface area contributed by atoms with Crippen molar-refractivity contribution < 1.29 is 14.3 Å². The Kier molecular flexibility index (Phi) is 3.98. The van der Waals surface area contributed by atoms with Gasteiger partial charge in [0.2, 0.25) is 0 Å². The topological polar surface area (TPSA) is 93.2 Å². The third kappa shape index (κ3) is 4.14. The lowest BCUT2D eigenvalue weighted by Gasteiger charge is -2.07. The normalized spacial score (nSPS) is 17.1. The van der Waals surface area contributed by atoms with Crippen molar-refractivity contribution in [2.75, 3.05) is 18.5 Å². The molecule has 2 fully saturated rings. The van der Waals surface area contributed by atoms with Gasteiger partial charge in [-0.1, -0.05) is 0 Å². The van der Waals surface area contributed by atoms with Crippen molar-refractivity contribution in [2.45, 2.75) is 31.6 Å². The van der Waals surface area contributed by atoms with Crippen molar-refractivity contribution >= 4 is 17.8 Å². The Morgan fingerprint density at radius 2 is 2.00 bits per heavy atom. The van der Waals surface area contributed by atoms with Crippen LogP contribution < -0.4 is 10.6 Å². The van der Waals surface area contributed by atoms with Gasteiger partial charge in [-0.25, -0.2) is 4.79 Å². The fourth-order valence-corrected chi connectivity index (χ4v) is 1.92. The number of carbonyl (C=O) groups excluding carboxylic acids is 2. The van der Waals surface area contributed by atoms with Crippen molar-refractivity contribution in [1.29, 1.82) is 0 Å². The third-order valence-corrected chi connectivity index (χ3v) is 3.47. The summed E-state index contributed by atoms with van der Waals surface area (Å²) >= 11 is 0. The van der Waals surface area contributed by atoms with Crippen LogP contribution in [0.25, 0.3) is 0 Å². The fourth-order valence-electron chi connectivity index (χ4n) is 1.92. The monoisotopic (exact) mass is 290 g/mol. The first kappa shape index (κ1) is 13.8. The number of carbonyl (C=O) groups is 2. The quantitative estimate of drug-likeness (QED) is 0.610. The number of rotatable bonds is 6. The van der Waals surface area contributed by atoms with Gasteiger partial charge >= 0.3 is 12.0 Å². The smallest absolute Gasteiger partial charge is 0.320 e. The van der Waals surface area contributed by atoms with Gasteiger partial charge < -0.3 is 10.1 Å². The van der Waals surface area contributed by atoms with E-state index in [1.165, 1.54) is 12.8 Å². The molecule has 3 rings (SSSR count).